The maximum Gasteiger partial charge on any atom is 0.230 e. The van der Waals surface area contributed by atoms with E-state index in [1.807, 2.05) is 30.1 Å². The van der Waals surface area contributed by atoms with Gasteiger partial charge in [-0.3, -0.25) is 9.48 Å². The first-order chi connectivity index (χ1) is 12.2. The van der Waals surface area contributed by atoms with Gasteiger partial charge in [0.15, 0.2) is 5.82 Å². The van der Waals surface area contributed by atoms with Gasteiger partial charge in [0.2, 0.25) is 5.91 Å². The number of carbonyl (C=O) groups is 1. The van der Waals surface area contributed by atoms with Crippen molar-refractivity contribution < 1.29 is 4.79 Å². The lowest BCUT2D eigenvalue weighted by Gasteiger charge is -2.16. The van der Waals surface area contributed by atoms with Crippen molar-refractivity contribution in [2.24, 2.45) is 18.7 Å². The van der Waals surface area contributed by atoms with Crippen molar-refractivity contribution in [3.8, 4) is 0 Å². The minimum atomic E-state index is 0.120. The third kappa shape index (κ3) is 3.31. The lowest BCUT2D eigenvalue weighted by molar-refractivity contribution is -0.129. The Morgan fingerprint density at radius 1 is 1.24 bits per heavy atom. The van der Waals surface area contributed by atoms with E-state index in [4.69, 9.17) is 5.73 Å². The van der Waals surface area contributed by atoms with Crippen molar-refractivity contribution in [3.63, 3.8) is 0 Å². The molecule has 25 heavy (non-hydrogen) atoms. The van der Waals surface area contributed by atoms with Crippen molar-refractivity contribution >= 4 is 5.91 Å². The second-order valence-corrected chi connectivity index (χ2v) is 7.27. The molecule has 0 bridgehead atoms. The van der Waals surface area contributed by atoms with E-state index >= 15 is 0 Å². The molecule has 132 valence electrons. The van der Waals surface area contributed by atoms with Crippen LogP contribution in [0.4, 0.5) is 0 Å². The van der Waals surface area contributed by atoms with Crippen LogP contribution in [-0.4, -0.2) is 45.2 Å². The highest BCUT2D eigenvalue weighted by atomic mass is 16.2. The molecule has 2 aliphatic rings. The van der Waals surface area contributed by atoms with Gasteiger partial charge in [0.1, 0.15) is 5.82 Å². The van der Waals surface area contributed by atoms with Gasteiger partial charge in [0.25, 0.3) is 0 Å². The molecule has 0 spiro atoms. The van der Waals surface area contributed by atoms with E-state index in [0.717, 1.165) is 24.7 Å². The van der Waals surface area contributed by atoms with Crippen LogP contribution in [-0.2, 0) is 18.3 Å². The molecule has 6 nitrogen and oxygen atoms in total. The monoisotopic (exact) mass is 339 g/mol. The molecule has 1 saturated heterocycles. The van der Waals surface area contributed by atoms with E-state index in [1.165, 1.54) is 18.4 Å². The van der Waals surface area contributed by atoms with Crippen molar-refractivity contribution in [1.29, 1.82) is 0 Å². The van der Waals surface area contributed by atoms with Gasteiger partial charge in [-0.2, -0.15) is 5.10 Å². The first-order valence-corrected chi connectivity index (χ1v) is 9.08. The zero-order valence-electron chi connectivity index (χ0n) is 14.6. The van der Waals surface area contributed by atoms with E-state index in [0.29, 0.717) is 30.7 Å². The van der Waals surface area contributed by atoms with Gasteiger partial charge < -0.3 is 10.6 Å². The van der Waals surface area contributed by atoms with Crippen molar-refractivity contribution in [2.45, 2.75) is 31.1 Å². The lowest BCUT2D eigenvalue weighted by Crippen LogP contribution is -2.31. The Bertz CT molecular complexity index is 752. The zero-order valence-corrected chi connectivity index (χ0v) is 14.6. The summed E-state index contributed by atoms with van der Waals surface area (Å²) in [5, 5.41) is 4.46. The van der Waals surface area contributed by atoms with Crippen LogP contribution in [0, 0.1) is 5.92 Å². The summed E-state index contributed by atoms with van der Waals surface area (Å²) in [6, 6.07) is 10.4. The second-order valence-electron chi connectivity index (χ2n) is 7.27. The van der Waals surface area contributed by atoms with Gasteiger partial charge in [-0.1, -0.05) is 30.3 Å². The van der Waals surface area contributed by atoms with Gasteiger partial charge in [-0.05, 0) is 30.9 Å². The first kappa shape index (κ1) is 16.3. The molecule has 1 amide bonds. The molecule has 2 heterocycles. The molecule has 2 fully saturated rings. The number of benzene rings is 1. The maximum atomic E-state index is 12.8. The average molecular weight is 339 g/mol. The second kappa shape index (κ2) is 6.59. The van der Waals surface area contributed by atoms with Crippen molar-refractivity contribution in [3.05, 3.63) is 47.5 Å². The summed E-state index contributed by atoms with van der Waals surface area (Å²) in [6.45, 7) is 2.05. The van der Waals surface area contributed by atoms with E-state index in [2.05, 4.69) is 22.2 Å². The Labute approximate surface area is 148 Å². The number of nitrogens with zero attached hydrogens (tertiary/aromatic N) is 4. The van der Waals surface area contributed by atoms with Crippen LogP contribution >= 0.6 is 0 Å². The Kier molecular flexibility index (Phi) is 4.29. The quantitative estimate of drug-likeness (QED) is 0.894. The maximum absolute atomic E-state index is 12.8. The highest BCUT2D eigenvalue weighted by Crippen LogP contribution is 2.38. The van der Waals surface area contributed by atoms with Gasteiger partial charge in [0.05, 0.1) is 6.42 Å². The minimum Gasteiger partial charge on any atom is -0.341 e. The van der Waals surface area contributed by atoms with Crippen LogP contribution < -0.4 is 5.73 Å². The third-order valence-electron chi connectivity index (χ3n) is 5.45. The fourth-order valence-electron chi connectivity index (χ4n) is 3.75. The van der Waals surface area contributed by atoms with E-state index in [9.17, 15) is 4.79 Å². The van der Waals surface area contributed by atoms with Gasteiger partial charge in [-0.25, -0.2) is 4.98 Å². The van der Waals surface area contributed by atoms with Crippen LogP contribution in [0.1, 0.15) is 41.9 Å². The summed E-state index contributed by atoms with van der Waals surface area (Å²) in [5.41, 5.74) is 7.25. The zero-order chi connectivity index (χ0) is 17.4. The molecule has 0 radical (unpaired) electrons. The average Bonchev–Trinajstić information content (AvgIpc) is 3.29. The highest BCUT2D eigenvalue weighted by Gasteiger charge is 2.36. The van der Waals surface area contributed by atoms with E-state index < -0.39 is 0 Å². The molecule has 1 saturated carbocycles. The van der Waals surface area contributed by atoms with Crippen molar-refractivity contribution in [1.82, 2.24) is 19.7 Å². The summed E-state index contributed by atoms with van der Waals surface area (Å²) in [5.74, 6) is 2.92. The number of aryl methyl sites for hydroxylation is 1. The molecule has 2 aromatic rings. The molecular formula is C19H25N5O. The Balaban J connectivity index is 1.45. The number of hydrogen-bond acceptors (Lipinski definition) is 4. The van der Waals surface area contributed by atoms with E-state index in [1.54, 1.807) is 4.68 Å². The third-order valence-corrected chi connectivity index (χ3v) is 5.45. The van der Waals surface area contributed by atoms with Crippen LogP contribution in [0.5, 0.6) is 0 Å². The van der Waals surface area contributed by atoms with E-state index in [-0.39, 0.29) is 5.91 Å². The summed E-state index contributed by atoms with van der Waals surface area (Å²) in [6.07, 6.45) is 2.65. The standard InChI is InChI=1S/C19H25N5O/c1-23-17(21-19(22-23)14-7-8-14)9-18(25)24-11-15(10-20)16(12-24)13-5-3-2-4-6-13/h2-6,14-16H,7-12,20H2,1H3/t15-,16+/m1/s1. The molecule has 1 aromatic carbocycles. The van der Waals surface area contributed by atoms with Crippen LogP contribution in [0.2, 0.25) is 0 Å². The first-order valence-electron chi connectivity index (χ1n) is 9.08. The van der Waals surface area contributed by atoms with Gasteiger partial charge in [0, 0.05) is 32.0 Å². The largest absolute Gasteiger partial charge is 0.341 e. The minimum absolute atomic E-state index is 0.120. The fraction of sp³-hybridized carbons (Fsp3) is 0.526. The Morgan fingerprint density at radius 3 is 2.68 bits per heavy atom. The number of nitrogens with two attached hydrogens (primary N) is 1. The number of hydrogen-bond donors (Lipinski definition) is 1. The molecule has 2 atom stereocenters. The van der Waals surface area contributed by atoms with Gasteiger partial charge >= 0.3 is 0 Å². The molecule has 2 N–H and O–H groups in total. The summed E-state index contributed by atoms with van der Waals surface area (Å²) >= 11 is 0. The Morgan fingerprint density at radius 2 is 2.00 bits per heavy atom. The van der Waals surface area contributed by atoms with Crippen molar-refractivity contribution in [2.75, 3.05) is 19.6 Å². The normalized spacial score (nSPS) is 23.2. The highest BCUT2D eigenvalue weighted by molar-refractivity contribution is 5.78. The number of amides is 1. The molecule has 6 heteroatoms. The fourth-order valence-corrected chi connectivity index (χ4v) is 3.75. The number of likely N-dealkylation sites (tertiary alicyclic amines) is 1. The summed E-state index contributed by atoms with van der Waals surface area (Å²) in [4.78, 5) is 19.3. The smallest absolute Gasteiger partial charge is 0.230 e. The van der Waals surface area contributed by atoms with Crippen LogP contribution in [0.3, 0.4) is 0 Å². The topological polar surface area (TPSA) is 77.0 Å². The predicted molar refractivity (Wildman–Crippen MR) is 95.0 cm³/mol. The van der Waals surface area contributed by atoms with Crippen LogP contribution in [0.25, 0.3) is 0 Å². The predicted octanol–water partition coefficient (Wildman–Crippen LogP) is 1.44. The lowest BCUT2D eigenvalue weighted by atomic mass is 9.89. The molecule has 1 aromatic heterocycles. The van der Waals surface area contributed by atoms with Crippen LogP contribution in [0.15, 0.2) is 30.3 Å². The molecular weight excluding hydrogens is 314 g/mol. The number of carbonyl (C=O) groups excluding carboxylic acids is 1. The molecule has 1 aliphatic carbocycles. The number of rotatable bonds is 5. The summed E-state index contributed by atoms with van der Waals surface area (Å²) < 4.78 is 1.76. The SMILES string of the molecule is Cn1nc(C2CC2)nc1CC(=O)N1C[C@@H](CN)[C@H](c2ccccc2)C1. The Hall–Kier alpha value is -2.21. The number of aromatic nitrogens is 3. The summed E-state index contributed by atoms with van der Waals surface area (Å²) in [7, 11) is 1.88. The molecule has 0 unspecified atom stereocenters. The van der Waals surface area contributed by atoms with Gasteiger partial charge in [-0.15, -0.1) is 0 Å². The molecule has 4 rings (SSSR count). The molecule has 1 aliphatic heterocycles.